The second kappa shape index (κ2) is 11.2. The Kier molecular flexibility index (Phi) is 7.27. The number of methoxy groups -OCH3 is 1. The van der Waals surface area contributed by atoms with Crippen LogP contribution >= 0.6 is 0 Å². The summed E-state index contributed by atoms with van der Waals surface area (Å²) in [6.07, 6.45) is 0. The van der Waals surface area contributed by atoms with Crippen LogP contribution in [-0.2, 0) is 4.79 Å². The van der Waals surface area contributed by atoms with E-state index in [4.69, 9.17) is 18.6 Å². The number of anilines is 1. The van der Waals surface area contributed by atoms with Crippen LogP contribution in [0.1, 0.15) is 45.0 Å². The van der Waals surface area contributed by atoms with Crippen LogP contribution in [0.2, 0.25) is 0 Å². The average Bonchev–Trinajstić information content (AvgIpc) is 3.71. The van der Waals surface area contributed by atoms with Crippen molar-refractivity contribution in [2.75, 3.05) is 19.2 Å². The Bertz CT molecular complexity index is 1680. The highest BCUT2D eigenvalue weighted by molar-refractivity contribution is 6.03. The summed E-state index contributed by atoms with van der Waals surface area (Å²) in [7, 11) is 1.53. The Morgan fingerprint density at radius 2 is 1.60 bits per heavy atom. The van der Waals surface area contributed by atoms with Crippen LogP contribution < -0.4 is 19.5 Å². The third-order valence-corrected chi connectivity index (χ3v) is 8.03. The number of ketones is 1. The molecule has 2 amide bonds. The fraction of sp³-hybridized carbons (Fsp3) is 0.242. The average molecular weight is 583 g/mol. The summed E-state index contributed by atoms with van der Waals surface area (Å²) in [6, 6.07) is 19.4. The number of carbonyl (C=O) groups is 3. The van der Waals surface area contributed by atoms with E-state index < -0.39 is 35.9 Å². The first-order valence-electron chi connectivity index (χ1n) is 13.8. The van der Waals surface area contributed by atoms with Crippen LogP contribution in [0, 0.1) is 19.8 Å². The number of nitrogens with one attached hydrogen (secondary N) is 1. The van der Waals surface area contributed by atoms with Crippen molar-refractivity contribution in [1.29, 1.82) is 0 Å². The zero-order valence-electron chi connectivity index (χ0n) is 23.8. The predicted molar refractivity (Wildman–Crippen MR) is 156 cm³/mol. The summed E-state index contributed by atoms with van der Waals surface area (Å²) in [4.78, 5) is 43.2. The van der Waals surface area contributed by atoms with E-state index in [9.17, 15) is 19.5 Å². The Hall–Kier alpha value is -5.25. The largest absolute Gasteiger partial charge is 0.497 e. The minimum Gasteiger partial charge on any atom is -0.497 e. The molecule has 4 atom stereocenters. The topological polar surface area (TPSA) is 128 Å². The maximum absolute atomic E-state index is 14.6. The van der Waals surface area contributed by atoms with Crippen molar-refractivity contribution in [3.05, 3.63) is 107 Å². The van der Waals surface area contributed by atoms with Gasteiger partial charge in [0.25, 0.3) is 0 Å². The van der Waals surface area contributed by atoms with E-state index in [0.29, 0.717) is 51.1 Å². The molecule has 2 N–H and O–H groups in total. The van der Waals surface area contributed by atoms with Crippen molar-refractivity contribution >= 4 is 23.5 Å². The minimum absolute atomic E-state index is 0.0315. The molecule has 10 nitrogen and oxygen atoms in total. The number of hydrogen-bond acceptors (Lipinski definition) is 7. The van der Waals surface area contributed by atoms with Gasteiger partial charge in [-0.1, -0.05) is 36.4 Å². The highest BCUT2D eigenvalue weighted by Crippen LogP contribution is 2.53. The van der Waals surface area contributed by atoms with E-state index in [1.165, 1.54) is 12.0 Å². The molecule has 1 fully saturated rings. The maximum Gasteiger partial charge on any atom is 0.327 e. The van der Waals surface area contributed by atoms with Gasteiger partial charge in [-0.2, -0.15) is 0 Å². The number of likely N-dealkylation sites (tertiary alicyclic amines) is 1. The Balaban J connectivity index is 1.57. The highest BCUT2D eigenvalue weighted by Gasteiger charge is 2.58. The van der Waals surface area contributed by atoms with Crippen LogP contribution in [0.15, 0.2) is 83.3 Å². The molecule has 0 aliphatic carbocycles. The van der Waals surface area contributed by atoms with Crippen LogP contribution in [-0.4, -0.2) is 47.7 Å². The number of carbonyl (C=O) groups excluding carboxylic acids is 2. The van der Waals surface area contributed by atoms with Crippen molar-refractivity contribution in [1.82, 2.24) is 4.90 Å². The number of amides is 2. The second-order valence-corrected chi connectivity index (χ2v) is 10.6. The van der Waals surface area contributed by atoms with Crippen molar-refractivity contribution in [2.24, 2.45) is 5.92 Å². The molecule has 10 heteroatoms. The van der Waals surface area contributed by atoms with Gasteiger partial charge in [-0.05, 0) is 67.4 Å². The standard InChI is InChI=1S/C33H30N2O8/c1-18-15-24(19(2)43-18)31(36)28-27(20-9-12-23(40-3)13-10-20)30(32(37)38)35(33(39)34-22-7-5-4-6-8-22)29(28)21-11-14-25-26(16-21)42-17-41-25/h4-16,27-30H,17H2,1-3H3,(H,34,39)(H,37,38). The van der Waals surface area contributed by atoms with E-state index in [2.05, 4.69) is 5.32 Å². The Labute approximate surface area is 247 Å². The SMILES string of the molecule is COc1ccc(C2C(C(=O)c3cc(C)oc3C)C(c3ccc4c(c3)OCO4)N(C(=O)Nc3ccccc3)C2C(=O)O)cc1. The van der Waals surface area contributed by atoms with Gasteiger partial charge in [-0.3, -0.25) is 4.79 Å². The number of aliphatic carboxylic acids is 1. The molecule has 2 aliphatic heterocycles. The number of carboxylic acid groups (broad SMARTS) is 1. The summed E-state index contributed by atoms with van der Waals surface area (Å²) in [5.41, 5.74) is 1.93. The van der Waals surface area contributed by atoms with Crippen LogP contribution in [0.3, 0.4) is 0 Å². The Morgan fingerprint density at radius 3 is 2.26 bits per heavy atom. The van der Waals surface area contributed by atoms with Gasteiger partial charge >= 0.3 is 12.0 Å². The normalized spacial score (nSPS) is 20.6. The van der Waals surface area contributed by atoms with Gasteiger partial charge in [0, 0.05) is 11.6 Å². The number of furan rings is 1. The van der Waals surface area contributed by atoms with Gasteiger partial charge in [0.2, 0.25) is 6.79 Å². The third-order valence-electron chi connectivity index (χ3n) is 8.03. The molecule has 220 valence electrons. The van der Waals surface area contributed by atoms with Crippen LogP contribution in [0.25, 0.3) is 0 Å². The third kappa shape index (κ3) is 5.05. The number of hydrogen-bond donors (Lipinski definition) is 2. The molecule has 3 heterocycles. The first-order valence-corrected chi connectivity index (χ1v) is 13.8. The molecule has 0 radical (unpaired) electrons. The lowest BCUT2D eigenvalue weighted by Gasteiger charge is -2.30. The molecule has 0 bridgehead atoms. The van der Waals surface area contributed by atoms with E-state index in [-0.39, 0.29) is 12.6 Å². The number of para-hydroxylation sites is 1. The molecular weight excluding hydrogens is 552 g/mol. The minimum atomic E-state index is -1.41. The summed E-state index contributed by atoms with van der Waals surface area (Å²) in [5.74, 6) is -1.01. The first kappa shape index (κ1) is 27.9. The number of urea groups is 1. The summed E-state index contributed by atoms with van der Waals surface area (Å²) in [6.45, 7) is 3.47. The predicted octanol–water partition coefficient (Wildman–Crippen LogP) is 5.96. The van der Waals surface area contributed by atoms with Gasteiger partial charge in [-0.15, -0.1) is 0 Å². The molecule has 1 saturated heterocycles. The number of ether oxygens (including phenoxy) is 3. The Morgan fingerprint density at radius 1 is 0.907 bits per heavy atom. The van der Waals surface area contributed by atoms with Gasteiger partial charge in [-0.25, -0.2) is 9.59 Å². The number of rotatable bonds is 7. The van der Waals surface area contributed by atoms with E-state index >= 15 is 0 Å². The zero-order valence-corrected chi connectivity index (χ0v) is 23.8. The molecule has 6 rings (SSSR count). The van der Waals surface area contributed by atoms with Crippen molar-refractivity contribution < 1.29 is 38.1 Å². The van der Waals surface area contributed by atoms with E-state index in [0.717, 1.165) is 0 Å². The van der Waals surface area contributed by atoms with Gasteiger partial charge in [0.1, 0.15) is 23.3 Å². The highest BCUT2D eigenvalue weighted by atomic mass is 16.7. The molecule has 1 aromatic heterocycles. The van der Waals surface area contributed by atoms with E-state index in [1.807, 2.05) is 6.07 Å². The fourth-order valence-electron chi connectivity index (χ4n) is 6.19. The van der Waals surface area contributed by atoms with Gasteiger partial charge < -0.3 is 34.0 Å². The summed E-state index contributed by atoms with van der Waals surface area (Å²) >= 11 is 0. The molecule has 0 spiro atoms. The molecule has 2 aliphatic rings. The lowest BCUT2D eigenvalue weighted by molar-refractivity contribution is -0.142. The van der Waals surface area contributed by atoms with Gasteiger partial charge in [0.05, 0.1) is 24.6 Å². The number of fused-ring (bicyclic) bond motifs is 1. The summed E-state index contributed by atoms with van der Waals surface area (Å²) in [5, 5.41) is 13.6. The quantitative estimate of drug-likeness (QED) is 0.256. The molecule has 4 unspecified atom stereocenters. The molecule has 43 heavy (non-hydrogen) atoms. The number of nitrogens with zero attached hydrogens (tertiary/aromatic N) is 1. The number of benzene rings is 3. The number of carboxylic acids is 1. The smallest absolute Gasteiger partial charge is 0.327 e. The lowest BCUT2D eigenvalue weighted by atomic mass is 9.76. The van der Waals surface area contributed by atoms with Crippen molar-refractivity contribution in [2.45, 2.75) is 31.8 Å². The van der Waals surface area contributed by atoms with Crippen LogP contribution in [0.4, 0.5) is 10.5 Å². The summed E-state index contributed by atoms with van der Waals surface area (Å²) < 4.78 is 22.2. The first-order chi connectivity index (χ1) is 20.8. The molecule has 4 aromatic rings. The number of Topliss-reactive ketones (excluding diaryl/α,β-unsaturated/α-hetero) is 1. The monoisotopic (exact) mass is 582 g/mol. The second-order valence-electron chi connectivity index (χ2n) is 10.6. The fourth-order valence-corrected chi connectivity index (χ4v) is 6.19. The molecule has 3 aromatic carbocycles. The lowest BCUT2D eigenvalue weighted by Crippen LogP contribution is -2.45. The van der Waals surface area contributed by atoms with E-state index in [1.54, 1.807) is 86.6 Å². The molecular formula is C33H30N2O8. The van der Waals surface area contributed by atoms with Gasteiger partial charge in [0.15, 0.2) is 17.3 Å². The van der Waals surface area contributed by atoms with Crippen LogP contribution in [0.5, 0.6) is 17.2 Å². The number of aryl methyl sites for hydroxylation is 2. The van der Waals surface area contributed by atoms with Crippen molar-refractivity contribution in [3.63, 3.8) is 0 Å². The molecule has 0 saturated carbocycles. The van der Waals surface area contributed by atoms with Crippen molar-refractivity contribution in [3.8, 4) is 17.2 Å². The zero-order chi connectivity index (χ0) is 30.2. The maximum atomic E-state index is 14.6.